The first kappa shape index (κ1) is 17.6. The molecule has 1 unspecified atom stereocenters. The summed E-state index contributed by atoms with van der Waals surface area (Å²) < 4.78 is 16.1. The Morgan fingerprint density at radius 3 is 2.78 bits per heavy atom. The smallest absolute Gasteiger partial charge is 0.198 e. The molecule has 1 saturated heterocycles. The fourth-order valence-corrected chi connectivity index (χ4v) is 3.12. The first-order valence-electron chi connectivity index (χ1n) is 8.95. The van der Waals surface area contributed by atoms with E-state index in [1.54, 1.807) is 19.4 Å². The molecule has 1 atom stereocenters. The second-order valence-corrected chi connectivity index (χ2v) is 6.62. The van der Waals surface area contributed by atoms with Gasteiger partial charge in [0.2, 0.25) is 0 Å². The number of aliphatic imine (C=N–C) groups is 1. The molecule has 2 aromatic rings. The van der Waals surface area contributed by atoms with Gasteiger partial charge in [0.05, 0.1) is 7.11 Å². The van der Waals surface area contributed by atoms with Crippen LogP contribution in [0.15, 0.2) is 52.1 Å². The fourth-order valence-electron chi connectivity index (χ4n) is 3.12. The van der Waals surface area contributed by atoms with Gasteiger partial charge < -0.3 is 24.6 Å². The van der Waals surface area contributed by atoms with Crippen molar-refractivity contribution in [1.29, 1.82) is 0 Å². The van der Waals surface area contributed by atoms with Gasteiger partial charge in [-0.25, -0.2) is 4.99 Å². The van der Waals surface area contributed by atoms with Gasteiger partial charge in [-0.15, -0.1) is 0 Å². The SMILES string of the molecule is COc1ccc(-c2cc(C3(N)C=CN=C(NC4CCOCC4)N3)on2)cc1. The number of ether oxygens (including phenoxy) is 2. The molecule has 1 fully saturated rings. The number of benzene rings is 1. The highest BCUT2D eigenvalue weighted by atomic mass is 16.5. The van der Waals surface area contributed by atoms with Crippen LogP contribution in [0, 0.1) is 0 Å². The zero-order chi connectivity index (χ0) is 18.7. The monoisotopic (exact) mass is 369 g/mol. The number of guanidine groups is 1. The molecule has 1 aromatic heterocycles. The predicted molar refractivity (Wildman–Crippen MR) is 101 cm³/mol. The third-order valence-corrected chi connectivity index (χ3v) is 4.73. The summed E-state index contributed by atoms with van der Waals surface area (Å²) in [6.07, 6.45) is 5.30. The van der Waals surface area contributed by atoms with Crippen molar-refractivity contribution in [3.05, 3.63) is 48.4 Å². The zero-order valence-corrected chi connectivity index (χ0v) is 15.1. The lowest BCUT2D eigenvalue weighted by Gasteiger charge is -2.32. The molecule has 0 amide bonds. The van der Waals surface area contributed by atoms with Gasteiger partial charge in [0, 0.05) is 37.1 Å². The molecule has 8 nitrogen and oxygen atoms in total. The lowest BCUT2D eigenvalue weighted by Crippen LogP contribution is -2.58. The molecule has 3 heterocycles. The van der Waals surface area contributed by atoms with Crippen LogP contribution < -0.4 is 21.1 Å². The van der Waals surface area contributed by atoms with Gasteiger partial charge in [-0.05, 0) is 43.2 Å². The topological polar surface area (TPSA) is 107 Å². The van der Waals surface area contributed by atoms with Crippen LogP contribution in [0.25, 0.3) is 11.3 Å². The van der Waals surface area contributed by atoms with Gasteiger partial charge in [-0.3, -0.25) is 5.73 Å². The van der Waals surface area contributed by atoms with Crippen molar-refractivity contribution in [2.75, 3.05) is 20.3 Å². The van der Waals surface area contributed by atoms with E-state index >= 15 is 0 Å². The van der Waals surface area contributed by atoms with E-state index in [1.165, 1.54) is 0 Å². The van der Waals surface area contributed by atoms with Crippen molar-refractivity contribution in [2.45, 2.75) is 24.5 Å². The normalized spacial score (nSPS) is 22.8. The summed E-state index contributed by atoms with van der Waals surface area (Å²) in [4.78, 5) is 4.35. The lowest BCUT2D eigenvalue weighted by molar-refractivity contribution is 0.0820. The molecule has 27 heavy (non-hydrogen) atoms. The largest absolute Gasteiger partial charge is 0.497 e. The van der Waals surface area contributed by atoms with Crippen LogP contribution in [0.5, 0.6) is 5.75 Å². The van der Waals surface area contributed by atoms with E-state index in [2.05, 4.69) is 20.8 Å². The van der Waals surface area contributed by atoms with Crippen LogP contribution >= 0.6 is 0 Å². The minimum atomic E-state index is -1.02. The minimum absolute atomic E-state index is 0.310. The maximum absolute atomic E-state index is 6.52. The van der Waals surface area contributed by atoms with Gasteiger partial charge >= 0.3 is 0 Å². The van der Waals surface area contributed by atoms with Crippen molar-refractivity contribution >= 4 is 5.96 Å². The average molecular weight is 369 g/mol. The van der Waals surface area contributed by atoms with Crippen LogP contribution in [0.4, 0.5) is 0 Å². The summed E-state index contributed by atoms with van der Waals surface area (Å²) in [7, 11) is 1.63. The van der Waals surface area contributed by atoms with Gasteiger partial charge in [0.15, 0.2) is 17.4 Å². The number of nitrogens with one attached hydrogen (secondary N) is 2. The van der Waals surface area contributed by atoms with E-state index in [1.807, 2.05) is 30.3 Å². The van der Waals surface area contributed by atoms with Crippen molar-refractivity contribution in [2.24, 2.45) is 10.7 Å². The molecule has 0 spiro atoms. The van der Waals surface area contributed by atoms with Crippen LogP contribution in [0.1, 0.15) is 18.6 Å². The molecular weight excluding hydrogens is 346 g/mol. The third kappa shape index (κ3) is 3.81. The van der Waals surface area contributed by atoms with Crippen molar-refractivity contribution in [3.63, 3.8) is 0 Å². The van der Waals surface area contributed by atoms with Crippen LogP contribution in [-0.4, -0.2) is 37.5 Å². The van der Waals surface area contributed by atoms with Gasteiger partial charge in [-0.2, -0.15) is 0 Å². The quantitative estimate of drug-likeness (QED) is 0.753. The fraction of sp³-hybridized carbons (Fsp3) is 0.368. The van der Waals surface area contributed by atoms with E-state index in [0.29, 0.717) is 23.5 Å². The summed E-state index contributed by atoms with van der Waals surface area (Å²) >= 11 is 0. The number of hydrogen-bond acceptors (Lipinski definition) is 8. The molecule has 4 N–H and O–H groups in total. The van der Waals surface area contributed by atoms with E-state index in [9.17, 15) is 0 Å². The maximum atomic E-state index is 6.52. The Morgan fingerprint density at radius 2 is 2.04 bits per heavy atom. The average Bonchev–Trinajstić information content (AvgIpc) is 3.20. The van der Waals surface area contributed by atoms with E-state index in [0.717, 1.165) is 37.4 Å². The molecule has 2 aliphatic heterocycles. The highest BCUT2D eigenvalue weighted by Crippen LogP contribution is 2.27. The minimum Gasteiger partial charge on any atom is -0.497 e. The Hall–Kier alpha value is -2.84. The van der Waals surface area contributed by atoms with E-state index in [-0.39, 0.29) is 0 Å². The van der Waals surface area contributed by atoms with E-state index in [4.69, 9.17) is 19.7 Å². The van der Waals surface area contributed by atoms with Crippen molar-refractivity contribution in [3.8, 4) is 17.0 Å². The molecule has 4 rings (SSSR count). The van der Waals surface area contributed by atoms with Crippen molar-refractivity contribution in [1.82, 2.24) is 15.8 Å². The summed E-state index contributed by atoms with van der Waals surface area (Å²) in [6, 6.07) is 9.74. The number of nitrogens with zero attached hydrogens (tertiary/aromatic N) is 2. The highest BCUT2D eigenvalue weighted by molar-refractivity contribution is 5.82. The van der Waals surface area contributed by atoms with Crippen LogP contribution in [0.3, 0.4) is 0 Å². The number of aromatic nitrogens is 1. The summed E-state index contributed by atoms with van der Waals surface area (Å²) in [5.41, 5.74) is 7.12. The molecule has 0 saturated carbocycles. The first-order valence-corrected chi connectivity index (χ1v) is 8.95. The first-order chi connectivity index (χ1) is 13.2. The van der Waals surface area contributed by atoms with Gasteiger partial charge in [0.25, 0.3) is 0 Å². The third-order valence-electron chi connectivity index (χ3n) is 4.73. The second-order valence-electron chi connectivity index (χ2n) is 6.62. The Bertz CT molecular complexity index is 839. The van der Waals surface area contributed by atoms with Crippen molar-refractivity contribution < 1.29 is 14.0 Å². The van der Waals surface area contributed by atoms with E-state index < -0.39 is 5.66 Å². The van der Waals surface area contributed by atoms with Crippen LogP contribution in [0.2, 0.25) is 0 Å². The molecule has 1 aromatic carbocycles. The molecule has 0 aliphatic carbocycles. The molecule has 8 heteroatoms. The molecular formula is C19H23N5O3. The number of nitrogens with two attached hydrogens (primary N) is 1. The predicted octanol–water partition coefficient (Wildman–Crippen LogP) is 1.70. The van der Waals surface area contributed by atoms with Gasteiger partial charge in [0.1, 0.15) is 11.4 Å². The highest BCUT2D eigenvalue weighted by Gasteiger charge is 2.33. The second kappa shape index (κ2) is 7.42. The Morgan fingerprint density at radius 1 is 1.26 bits per heavy atom. The number of methoxy groups -OCH3 is 1. The number of hydrogen-bond donors (Lipinski definition) is 3. The number of rotatable bonds is 4. The Labute approximate surface area is 157 Å². The van der Waals surface area contributed by atoms with Gasteiger partial charge in [-0.1, -0.05) is 5.16 Å². The molecule has 0 radical (unpaired) electrons. The maximum Gasteiger partial charge on any atom is 0.198 e. The summed E-state index contributed by atoms with van der Waals surface area (Å²) in [5.74, 6) is 1.91. The Kier molecular flexibility index (Phi) is 4.83. The Balaban J connectivity index is 1.48. The standard InChI is InChI=1S/C19H23N5O3/c1-25-15-4-2-13(3-5-15)16-12-17(27-24-16)19(20)8-9-21-18(23-19)22-14-6-10-26-11-7-14/h2-5,8-9,12,14H,6-7,10-11,20H2,1H3,(H2,21,22,23). The van der Waals surface area contributed by atoms with Crippen LogP contribution in [-0.2, 0) is 10.4 Å². The zero-order valence-electron chi connectivity index (χ0n) is 15.1. The molecule has 142 valence electrons. The lowest BCUT2D eigenvalue weighted by atomic mass is 10.0. The summed E-state index contributed by atoms with van der Waals surface area (Å²) in [5, 5.41) is 10.8. The summed E-state index contributed by atoms with van der Waals surface area (Å²) in [6.45, 7) is 1.50. The molecule has 2 aliphatic rings. The molecule has 0 bridgehead atoms.